The third-order valence-electron chi connectivity index (χ3n) is 6.64. The highest BCUT2D eigenvalue weighted by atomic mass is 32.2. The summed E-state index contributed by atoms with van der Waals surface area (Å²) in [7, 11) is -3.23. The van der Waals surface area contributed by atoms with E-state index in [-0.39, 0.29) is 5.41 Å². The lowest BCUT2D eigenvalue weighted by molar-refractivity contribution is 0.0392. The Kier molecular flexibility index (Phi) is 5.97. The van der Waals surface area contributed by atoms with Crippen molar-refractivity contribution < 1.29 is 8.42 Å². The molecule has 146 valence electrons. The number of nitrogens with zero attached hydrogens (tertiary/aromatic N) is 1. The van der Waals surface area contributed by atoms with Gasteiger partial charge in [0.1, 0.15) is 0 Å². The van der Waals surface area contributed by atoms with Crippen molar-refractivity contribution in [1.29, 1.82) is 0 Å². The molecule has 2 aliphatic rings. The molecular weight excluding hydrogens is 344 g/mol. The monoisotopic (exact) mass is 378 g/mol. The Morgan fingerprint density at radius 3 is 2.73 bits per heavy atom. The number of hydrogen-bond donors (Lipinski definition) is 1. The Labute approximate surface area is 159 Å². The number of piperidine rings is 1. The van der Waals surface area contributed by atoms with Gasteiger partial charge < -0.3 is 4.90 Å². The van der Waals surface area contributed by atoms with Crippen LogP contribution >= 0.6 is 0 Å². The molecule has 0 spiro atoms. The van der Waals surface area contributed by atoms with E-state index < -0.39 is 10.0 Å². The minimum absolute atomic E-state index is 0.225. The van der Waals surface area contributed by atoms with E-state index in [1.807, 2.05) is 12.1 Å². The van der Waals surface area contributed by atoms with Crippen molar-refractivity contribution in [2.45, 2.75) is 70.3 Å². The molecule has 2 atom stereocenters. The number of nitrogens with one attached hydrogen (secondary N) is 1. The van der Waals surface area contributed by atoms with E-state index in [2.05, 4.69) is 35.6 Å². The van der Waals surface area contributed by atoms with Crippen LogP contribution in [0.2, 0.25) is 0 Å². The second kappa shape index (κ2) is 7.89. The highest BCUT2D eigenvalue weighted by Gasteiger charge is 2.43. The van der Waals surface area contributed by atoms with E-state index in [1.165, 1.54) is 69.9 Å². The Bertz CT molecular complexity index is 714. The molecular formula is C21H34N2O2S. The maximum Gasteiger partial charge on any atom is 0.229 e. The number of fused-ring (bicyclic) bond motifs is 2. The molecule has 0 aromatic heterocycles. The molecule has 1 aliphatic heterocycles. The van der Waals surface area contributed by atoms with E-state index in [9.17, 15) is 8.42 Å². The van der Waals surface area contributed by atoms with Gasteiger partial charge in [-0.3, -0.25) is 4.72 Å². The zero-order chi connectivity index (χ0) is 18.8. The van der Waals surface area contributed by atoms with Crippen LogP contribution in [0.3, 0.4) is 0 Å². The molecule has 1 aromatic rings. The van der Waals surface area contributed by atoms with E-state index >= 15 is 0 Å². The fourth-order valence-corrected chi connectivity index (χ4v) is 5.62. The molecule has 2 bridgehead atoms. The first-order valence-electron chi connectivity index (χ1n) is 10.2. The van der Waals surface area contributed by atoms with Gasteiger partial charge in [0.15, 0.2) is 0 Å². The van der Waals surface area contributed by atoms with Crippen molar-refractivity contribution >= 4 is 15.7 Å². The average molecular weight is 379 g/mol. The van der Waals surface area contributed by atoms with Crippen LogP contribution in [0.4, 0.5) is 5.69 Å². The molecule has 0 amide bonds. The number of benzene rings is 1. The summed E-state index contributed by atoms with van der Waals surface area (Å²) in [6, 6.07) is 8.80. The molecule has 1 aromatic carbocycles. The summed E-state index contributed by atoms with van der Waals surface area (Å²) in [5, 5.41) is 0. The molecule has 0 radical (unpaired) electrons. The molecule has 1 heterocycles. The third-order valence-corrected chi connectivity index (χ3v) is 7.25. The van der Waals surface area contributed by atoms with Crippen LogP contribution in [-0.2, 0) is 15.4 Å². The Morgan fingerprint density at radius 2 is 2.04 bits per heavy atom. The number of anilines is 1. The first-order valence-corrected chi connectivity index (χ1v) is 12.1. The summed E-state index contributed by atoms with van der Waals surface area (Å²) in [6.07, 6.45) is 9.96. The van der Waals surface area contributed by atoms with Gasteiger partial charge in [-0.15, -0.1) is 0 Å². The van der Waals surface area contributed by atoms with Crippen LogP contribution in [0.1, 0.15) is 64.4 Å². The molecule has 1 aliphatic carbocycles. The molecule has 2 fully saturated rings. The summed E-state index contributed by atoms with van der Waals surface area (Å²) in [5.74, 6) is 0.812. The molecule has 2 unspecified atom stereocenters. The van der Waals surface area contributed by atoms with Crippen molar-refractivity contribution in [3.63, 3.8) is 0 Å². The first kappa shape index (κ1) is 19.7. The summed E-state index contributed by atoms with van der Waals surface area (Å²) in [4.78, 5) is 2.74. The fraction of sp³-hybridized carbons (Fsp3) is 0.714. The number of sulfonamides is 1. The molecule has 26 heavy (non-hydrogen) atoms. The predicted molar refractivity (Wildman–Crippen MR) is 109 cm³/mol. The van der Waals surface area contributed by atoms with Crippen molar-refractivity contribution in [1.82, 2.24) is 4.90 Å². The van der Waals surface area contributed by atoms with E-state index in [0.717, 1.165) is 5.92 Å². The molecule has 3 rings (SSSR count). The van der Waals surface area contributed by atoms with Crippen LogP contribution in [0.5, 0.6) is 0 Å². The van der Waals surface area contributed by atoms with Gasteiger partial charge in [-0.05, 0) is 61.3 Å². The second-order valence-electron chi connectivity index (χ2n) is 8.41. The SMILES string of the molecule is CCC(CC)CN1CCC2(c3cccc(NS(C)(=O)=O)c3)CCCC1C2. The summed E-state index contributed by atoms with van der Waals surface area (Å²) in [6.45, 7) is 7.03. The highest BCUT2D eigenvalue weighted by Crippen LogP contribution is 2.47. The summed E-state index contributed by atoms with van der Waals surface area (Å²) < 4.78 is 25.8. The van der Waals surface area contributed by atoms with Gasteiger partial charge in [-0.1, -0.05) is 45.2 Å². The Hall–Kier alpha value is -1.07. The van der Waals surface area contributed by atoms with Gasteiger partial charge in [0.2, 0.25) is 10.0 Å². The topological polar surface area (TPSA) is 49.4 Å². The fourth-order valence-electron chi connectivity index (χ4n) is 5.06. The Balaban J connectivity index is 1.78. The van der Waals surface area contributed by atoms with E-state index in [0.29, 0.717) is 11.7 Å². The number of likely N-dealkylation sites (tertiary alicyclic amines) is 1. The smallest absolute Gasteiger partial charge is 0.229 e. The molecule has 4 nitrogen and oxygen atoms in total. The lowest BCUT2D eigenvalue weighted by Gasteiger charge is -2.51. The van der Waals surface area contributed by atoms with Crippen molar-refractivity contribution in [2.24, 2.45) is 5.92 Å². The molecule has 1 saturated heterocycles. The van der Waals surface area contributed by atoms with Gasteiger partial charge in [0.05, 0.1) is 6.26 Å². The van der Waals surface area contributed by atoms with Gasteiger partial charge >= 0.3 is 0 Å². The maximum absolute atomic E-state index is 11.6. The highest BCUT2D eigenvalue weighted by molar-refractivity contribution is 7.92. The minimum atomic E-state index is -3.23. The lowest BCUT2D eigenvalue weighted by atomic mass is 9.63. The molecule has 1 N–H and O–H groups in total. The largest absolute Gasteiger partial charge is 0.300 e. The second-order valence-corrected chi connectivity index (χ2v) is 10.2. The molecule has 1 saturated carbocycles. The summed E-state index contributed by atoms with van der Waals surface area (Å²) in [5.41, 5.74) is 2.24. The summed E-state index contributed by atoms with van der Waals surface area (Å²) >= 11 is 0. The van der Waals surface area contributed by atoms with Crippen LogP contribution in [0, 0.1) is 5.92 Å². The van der Waals surface area contributed by atoms with Gasteiger partial charge in [0.25, 0.3) is 0 Å². The average Bonchev–Trinajstić information content (AvgIpc) is 2.60. The van der Waals surface area contributed by atoms with Crippen LogP contribution in [0.15, 0.2) is 24.3 Å². The first-order chi connectivity index (χ1) is 12.3. The zero-order valence-electron chi connectivity index (χ0n) is 16.5. The van der Waals surface area contributed by atoms with Crippen LogP contribution < -0.4 is 4.72 Å². The quantitative estimate of drug-likeness (QED) is 0.766. The zero-order valence-corrected chi connectivity index (χ0v) is 17.3. The van der Waals surface area contributed by atoms with Gasteiger partial charge in [-0.2, -0.15) is 0 Å². The van der Waals surface area contributed by atoms with Gasteiger partial charge in [0, 0.05) is 18.3 Å². The third kappa shape index (κ3) is 4.42. The molecule has 5 heteroatoms. The normalized spacial score (nSPS) is 26.8. The van der Waals surface area contributed by atoms with Crippen LogP contribution in [-0.4, -0.2) is 38.7 Å². The van der Waals surface area contributed by atoms with Crippen molar-refractivity contribution in [3.05, 3.63) is 29.8 Å². The predicted octanol–water partition coefficient (Wildman–Crippen LogP) is 4.38. The van der Waals surface area contributed by atoms with E-state index in [1.54, 1.807) is 0 Å². The van der Waals surface area contributed by atoms with Crippen molar-refractivity contribution in [2.75, 3.05) is 24.1 Å². The lowest BCUT2D eigenvalue weighted by Crippen LogP contribution is -2.52. The van der Waals surface area contributed by atoms with Crippen LogP contribution in [0.25, 0.3) is 0 Å². The maximum atomic E-state index is 11.6. The Morgan fingerprint density at radius 1 is 1.27 bits per heavy atom. The number of rotatable bonds is 7. The standard InChI is InChI=1S/C21H34N2O2S/c1-4-17(5-2)16-23-13-12-21(11-7-10-20(23)15-21)18-8-6-9-19(14-18)22-26(3,24)25/h6,8-9,14,17,20,22H,4-5,7,10-13,15-16H2,1-3H3. The van der Waals surface area contributed by atoms with Crippen molar-refractivity contribution in [3.8, 4) is 0 Å². The van der Waals surface area contributed by atoms with E-state index in [4.69, 9.17) is 0 Å². The minimum Gasteiger partial charge on any atom is -0.300 e. The van der Waals surface area contributed by atoms with Gasteiger partial charge in [-0.25, -0.2) is 8.42 Å². The number of hydrogen-bond acceptors (Lipinski definition) is 3.